The van der Waals surface area contributed by atoms with Crippen molar-refractivity contribution in [2.24, 2.45) is 0 Å². The van der Waals surface area contributed by atoms with Crippen molar-refractivity contribution >= 4 is 18.6 Å². The Labute approximate surface area is 97.4 Å². The molecule has 1 saturated heterocycles. The van der Waals surface area contributed by atoms with E-state index in [9.17, 15) is 0 Å². The summed E-state index contributed by atoms with van der Waals surface area (Å²) in [5, 5.41) is 3.60. The molecule has 3 heteroatoms. The maximum absolute atomic E-state index is 3.60. The molecule has 0 atom stereocenters. The summed E-state index contributed by atoms with van der Waals surface area (Å²) in [5.74, 6) is 2.29. The van der Waals surface area contributed by atoms with E-state index in [-0.39, 0.29) is 0 Å². The van der Waals surface area contributed by atoms with E-state index in [4.69, 9.17) is 0 Å². The second kappa shape index (κ2) is 4.34. The molecule has 2 nitrogen and oxygen atoms in total. The monoisotopic (exact) mass is 212 g/mol. The summed E-state index contributed by atoms with van der Waals surface area (Å²) in [4.78, 5) is 2.55. The Bertz CT molecular complexity index is 397. The van der Waals surface area contributed by atoms with Crippen LogP contribution in [-0.2, 0) is 0 Å². The minimum Gasteiger partial charge on any atom is -0.423 e. The molecular formula is C13H17BN2. The summed E-state index contributed by atoms with van der Waals surface area (Å²) in [6.45, 7) is 3.02. The van der Waals surface area contributed by atoms with Crippen molar-refractivity contribution in [1.29, 1.82) is 0 Å². The number of hydrogen-bond donors (Lipinski definition) is 1. The van der Waals surface area contributed by atoms with Crippen LogP contribution in [0.4, 0.5) is 5.69 Å². The Balaban J connectivity index is 1.68. The lowest BCUT2D eigenvalue weighted by atomic mass is 9.59. The van der Waals surface area contributed by atoms with Crippen molar-refractivity contribution in [2.75, 3.05) is 24.8 Å². The van der Waals surface area contributed by atoms with E-state index in [1.54, 1.807) is 0 Å². The molecule has 0 amide bonds. The van der Waals surface area contributed by atoms with Gasteiger partial charge >= 0.3 is 0 Å². The van der Waals surface area contributed by atoms with Gasteiger partial charge in [-0.15, -0.1) is 0 Å². The zero-order chi connectivity index (χ0) is 10.8. The number of hydrogen-bond acceptors (Lipinski definition) is 2. The number of nitrogens with one attached hydrogen (secondary N) is 1. The van der Waals surface area contributed by atoms with Gasteiger partial charge in [0.1, 0.15) is 0 Å². The summed E-state index contributed by atoms with van der Waals surface area (Å²) in [5.41, 5.74) is 2.58. The molecule has 0 aromatic heterocycles. The molecular weight excluding hydrogens is 195 g/mol. The second-order valence-corrected chi connectivity index (χ2v) is 4.70. The molecule has 2 aliphatic heterocycles. The van der Waals surface area contributed by atoms with Crippen LogP contribution < -0.4 is 5.23 Å². The van der Waals surface area contributed by atoms with Gasteiger partial charge in [0.2, 0.25) is 0 Å². The number of fused-ring (bicyclic) bond motifs is 1. The second-order valence-electron chi connectivity index (χ2n) is 4.70. The Morgan fingerprint density at radius 2 is 2.00 bits per heavy atom. The average Bonchev–Trinajstić information content (AvgIpc) is 2.82. The van der Waals surface area contributed by atoms with Gasteiger partial charge in [0.15, 0.2) is 0 Å². The number of rotatable bonds is 2. The Kier molecular flexibility index (Phi) is 2.71. The number of anilines is 1. The molecule has 82 valence electrons. The molecule has 1 fully saturated rings. The van der Waals surface area contributed by atoms with Crippen LogP contribution in [0.2, 0.25) is 0 Å². The molecule has 0 unspecified atom stereocenters. The normalized spacial score (nSPS) is 19.6. The summed E-state index contributed by atoms with van der Waals surface area (Å²) < 4.78 is 0. The summed E-state index contributed by atoms with van der Waals surface area (Å²) in [7, 11) is 0. The smallest absolute Gasteiger partial charge is 0.293 e. The third-order valence-electron chi connectivity index (χ3n) is 3.46. The molecule has 1 aromatic carbocycles. The molecule has 2 aliphatic rings. The molecule has 2 heterocycles. The predicted octanol–water partition coefficient (Wildman–Crippen LogP) is 2.29. The van der Waals surface area contributed by atoms with Gasteiger partial charge in [0.05, 0.1) is 0 Å². The van der Waals surface area contributed by atoms with Gasteiger partial charge in [-0.25, -0.2) is 0 Å². The standard InChI is InChI=1S/C13H17BN2/c1-2-6-13-12(5-1)7-8-14(15-13)11-16-9-3-4-10-16/h1-2,5-8,15H,3-4,9-11H2. The quantitative estimate of drug-likeness (QED) is 0.756. The average molecular weight is 212 g/mol. The molecule has 0 radical (unpaired) electrons. The molecule has 0 bridgehead atoms. The van der Waals surface area contributed by atoms with Crippen LogP contribution in [-0.4, -0.2) is 31.3 Å². The van der Waals surface area contributed by atoms with E-state index in [2.05, 4.69) is 46.4 Å². The van der Waals surface area contributed by atoms with Crippen molar-refractivity contribution in [1.82, 2.24) is 4.90 Å². The number of nitrogens with zero attached hydrogens (tertiary/aromatic N) is 1. The van der Waals surface area contributed by atoms with E-state index in [0.29, 0.717) is 6.85 Å². The highest BCUT2D eigenvalue weighted by Gasteiger charge is 2.21. The number of likely N-dealkylation sites (tertiary alicyclic amines) is 1. The summed E-state index contributed by atoms with van der Waals surface area (Å²) in [6.07, 6.45) is 6.12. The highest BCUT2D eigenvalue weighted by atomic mass is 15.1. The minimum atomic E-state index is 0.480. The highest BCUT2D eigenvalue weighted by molar-refractivity contribution is 6.69. The number of para-hydroxylation sites is 1. The first-order chi connectivity index (χ1) is 7.92. The van der Waals surface area contributed by atoms with Gasteiger partial charge in [-0.1, -0.05) is 30.3 Å². The first-order valence-electron chi connectivity index (χ1n) is 6.18. The highest BCUT2D eigenvalue weighted by Crippen LogP contribution is 2.21. The van der Waals surface area contributed by atoms with Crippen molar-refractivity contribution in [3.63, 3.8) is 0 Å². The third kappa shape index (κ3) is 2.00. The summed E-state index contributed by atoms with van der Waals surface area (Å²) in [6, 6.07) is 8.50. The lowest BCUT2D eigenvalue weighted by Crippen LogP contribution is -2.39. The van der Waals surface area contributed by atoms with Gasteiger partial charge in [-0.3, -0.25) is 0 Å². The fraction of sp³-hybridized carbons (Fsp3) is 0.385. The first-order valence-corrected chi connectivity index (χ1v) is 6.18. The van der Waals surface area contributed by atoms with Crippen molar-refractivity contribution < 1.29 is 0 Å². The zero-order valence-corrected chi connectivity index (χ0v) is 9.52. The largest absolute Gasteiger partial charge is 0.423 e. The number of benzene rings is 1. The minimum absolute atomic E-state index is 0.480. The lowest BCUT2D eigenvalue weighted by Gasteiger charge is -2.23. The van der Waals surface area contributed by atoms with Crippen molar-refractivity contribution in [2.45, 2.75) is 12.8 Å². The van der Waals surface area contributed by atoms with E-state index in [0.717, 1.165) is 6.44 Å². The summed E-state index contributed by atoms with van der Waals surface area (Å²) >= 11 is 0. The Morgan fingerprint density at radius 3 is 2.88 bits per heavy atom. The van der Waals surface area contributed by atoms with Crippen molar-refractivity contribution in [3.05, 3.63) is 35.8 Å². The van der Waals surface area contributed by atoms with Gasteiger partial charge in [0, 0.05) is 12.1 Å². The van der Waals surface area contributed by atoms with Gasteiger partial charge in [-0.05, 0) is 37.6 Å². The zero-order valence-electron chi connectivity index (χ0n) is 9.52. The molecule has 3 rings (SSSR count). The van der Waals surface area contributed by atoms with E-state index >= 15 is 0 Å². The predicted molar refractivity (Wildman–Crippen MR) is 70.5 cm³/mol. The molecule has 0 saturated carbocycles. The lowest BCUT2D eigenvalue weighted by molar-refractivity contribution is 0.393. The van der Waals surface area contributed by atoms with Gasteiger partial charge < -0.3 is 10.1 Å². The fourth-order valence-electron chi connectivity index (χ4n) is 2.59. The van der Waals surface area contributed by atoms with E-state index in [1.807, 2.05) is 0 Å². The maximum atomic E-state index is 3.60. The van der Waals surface area contributed by atoms with Crippen LogP contribution in [0.1, 0.15) is 18.4 Å². The van der Waals surface area contributed by atoms with Gasteiger partial charge in [-0.2, -0.15) is 0 Å². The van der Waals surface area contributed by atoms with Crippen LogP contribution in [0, 0.1) is 0 Å². The Morgan fingerprint density at radius 1 is 1.19 bits per heavy atom. The first kappa shape index (κ1) is 9.97. The van der Waals surface area contributed by atoms with E-state index in [1.165, 1.54) is 37.2 Å². The van der Waals surface area contributed by atoms with Crippen LogP contribution in [0.3, 0.4) is 0 Å². The molecule has 1 N–H and O–H groups in total. The Hall–Kier alpha value is -1.22. The molecule has 1 aromatic rings. The molecule has 0 aliphatic carbocycles. The third-order valence-corrected chi connectivity index (χ3v) is 3.46. The SMILES string of the molecule is C1=Cc2ccccc2NB1CN1CCCC1. The van der Waals surface area contributed by atoms with Crippen LogP contribution in [0.5, 0.6) is 0 Å². The van der Waals surface area contributed by atoms with Crippen LogP contribution in [0.25, 0.3) is 6.08 Å². The topological polar surface area (TPSA) is 15.3 Å². The van der Waals surface area contributed by atoms with Crippen LogP contribution in [0.15, 0.2) is 30.2 Å². The maximum Gasteiger partial charge on any atom is 0.293 e. The van der Waals surface area contributed by atoms with E-state index < -0.39 is 0 Å². The van der Waals surface area contributed by atoms with Crippen LogP contribution >= 0.6 is 0 Å². The molecule has 16 heavy (non-hydrogen) atoms. The fourth-order valence-corrected chi connectivity index (χ4v) is 2.59. The van der Waals surface area contributed by atoms with Crippen molar-refractivity contribution in [3.8, 4) is 0 Å². The molecule has 0 spiro atoms. The van der Waals surface area contributed by atoms with Gasteiger partial charge in [0.25, 0.3) is 6.85 Å².